The molecule has 0 spiro atoms. The van der Waals surface area contributed by atoms with Gasteiger partial charge in [0.1, 0.15) is 0 Å². The second-order valence-corrected chi connectivity index (χ2v) is 23.9. The molecule has 2 heterocycles. The molecular formula is C68H71BN2. The number of hydrogen-bond acceptors (Lipinski definition) is 2. The molecule has 0 radical (unpaired) electrons. The van der Waals surface area contributed by atoms with Gasteiger partial charge < -0.3 is 9.80 Å². The fourth-order valence-corrected chi connectivity index (χ4v) is 11.2. The molecule has 0 bridgehead atoms. The van der Waals surface area contributed by atoms with Gasteiger partial charge in [-0.05, 0) is 153 Å². The highest BCUT2D eigenvalue weighted by atomic mass is 15.2. The number of hydrogen-bond donors (Lipinski definition) is 0. The molecule has 0 N–H and O–H groups in total. The second kappa shape index (κ2) is 17.5. The van der Waals surface area contributed by atoms with Gasteiger partial charge in [0.2, 0.25) is 0 Å². The smallest absolute Gasteiger partial charge is 0.252 e. The van der Waals surface area contributed by atoms with Gasteiger partial charge in [0.25, 0.3) is 6.71 Å². The Morgan fingerprint density at radius 3 is 1.10 bits per heavy atom. The molecule has 0 amide bonds. The van der Waals surface area contributed by atoms with E-state index in [0.29, 0.717) is 0 Å². The lowest BCUT2D eigenvalue weighted by molar-refractivity contribution is 0.589. The molecule has 0 fully saturated rings. The topological polar surface area (TPSA) is 6.48 Å². The maximum Gasteiger partial charge on any atom is 0.252 e. The van der Waals surface area contributed by atoms with Crippen molar-refractivity contribution in [2.75, 3.05) is 9.80 Å². The van der Waals surface area contributed by atoms with Crippen molar-refractivity contribution in [2.24, 2.45) is 0 Å². The summed E-state index contributed by atoms with van der Waals surface area (Å²) in [5.41, 5.74) is 21.4. The van der Waals surface area contributed by atoms with E-state index in [1.54, 1.807) is 0 Å². The normalized spacial score (nSPS) is 13.4. The number of nitrogens with zero attached hydrogens (tertiary/aromatic N) is 2. The Hall–Kier alpha value is -6.84. The summed E-state index contributed by atoms with van der Waals surface area (Å²) in [6.07, 6.45) is 0. The number of rotatable bonds is 4. The van der Waals surface area contributed by atoms with Crippen LogP contribution in [0.4, 0.5) is 34.1 Å². The predicted molar refractivity (Wildman–Crippen MR) is 312 cm³/mol. The largest absolute Gasteiger partial charge is 0.311 e. The first-order valence-electron chi connectivity index (χ1n) is 26.0. The van der Waals surface area contributed by atoms with Crippen LogP contribution in [0, 0.1) is 0 Å². The highest BCUT2D eigenvalue weighted by Crippen LogP contribution is 2.50. The maximum atomic E-state index is 2.62. The summed E-state index contributed by atoms with van der Waals surface area (Å²) >= 11 is 0. The van der Waals surface area contributed by atoms with Crippen molar-refractivity contribution in [1.29, 1.82) is 0 Å². The third kappa shape index (κ3) is 8.26. The van der Waals surface area contributed by atoms with Crippen LogP contribution in [0.5, 0.6) is 0 Å². The van der Waals surface area contributed by atoms with Crippen LogP contribution in [0.25, 0.3) is 43.8 Å². The number of fused-ring (bicyclic) bond motifs is 6. The Bertz CT molecular complexity index is 3450. The molecule has 3 heteroatoms. The lowest BCUT2D eigenvalue weighted by Crippen LogP contribution is -2.61. The Balaban J connectivity index is 0.00000287. The lowest BCUT2D eigenvalue weighted by Gasteiger charge is -2.45. The number of benzene rings is 9. The van der Waals surface area contributed by atoms with Gasteiger partial charge in [0, 0.05) is 34.1 Å². The molecule has 0 aliphatic carbocycles. The molecule has 356 valence electrons. The molecule has 71 heavy (non-hydrogen) atoms. The Kier molecular flexibility index (Phi) is 11.8. The third-order valence-electron chi connectivity index (χ3n) is 15.1. The van der Waals surface area contributed by atoms with Gasteiger partial charge in [0.15, 0.2) is 0 Å². The van der Waals surface area contributed by atoms with Crippen LogP contribution in [0.15, 0.2) is 176 Å². The van der Waals surface area contributed by atoms with Crippen LogP contribution in [-0.2, 0) is 21.7 Å². The Morgan fingerprint density at radius 1 is 0.310 bits per heavy atom. The van der Waals surface area contributed by atoms with Crippen molar-refractivity contribution in [3.63, 3.8) is 0 Å². The highest BCUT2D eigenvalue weighted by Gasteiger charge is 2.45. The fourth-order valence-electron chi connectivity index (χ4n) is 11.2. The molecule has 0 saturated heterocycles. The monoisotopic (exact) mass is 927 g/mol. The first kappa shape index (κ1) is 47.8. The summed E-state index contributed by atoms with van der Waals surface area (Å²) < 4.78 is 0. The van der Waals surface area contributed by atoms with Gasteiger partial charge in [0.05, 0.1) is 0 Å². The zero-order valence-corrected chi connectivity index (χ0v) is 44.7. The lowest BCUT2D eigenvalue weighted by atomic mass is 9.33. The minimum Gasteiger partial charge on any atom is -0.311 e. The van der Waals surface area contributed by atoms with E-state index in [1.165, 1.54) is 111 Å². The molecule has 11 rings (SSSR count). The van der Waals surface area contributed by atoms with E-state index in [2.05, 4.69) is 269 Å². The SMILES string of the molecule is CC.CC(C)(C)c1ccc(N2c3cc(C(C)(C)C)ccc3B3c4cc5c(-c6ccccc6)c6ccccc6c(-c6ccccc6)c5cc4N(c4ccc(C(C)(C)C)cc4)c4cc(C(C)(C)C)cc2c43)cc1. The van der Waals surface area contributed by atoms with Gasteiger partial charge in [-0.25, -0.2) is 0 Å². The molecule has 0 atom stereocenters. The summed E-state index contributed by atoms with van der Waals surface area (Å²) in [5, 5.41) is 5.05. The number of anilines is 6. The van der Waals surface area contributed by atoms with Crippen LogP contribution < -0.4 is 26.2 Å². The molecule has 0 aromatic heterocycles. The summed E-state index contributed by atoms with van der Waals surface area (Å²) in [7, 11) is 0. The van der Waals surface area contributed by atoms with Gasteiger partial charge in [-0.2, -0.15) is 0 Å². The molecule has 2 aliphatic heterocycles. The van der Waals surface area contributed by atoms with E-state index in [-0.39, 0.29) is 28.4 Å². The van der Waals surface area contributed by atoms with Crippen LogP contribution in [0.1, 0.15) is 119 Å². The first-order chi connectivity index (χ1) is 33.8. The van der Waals surface area contributed by atoms with Crippen LogP contribution in [-0.4, -0.2) is 6.71 Å². The Morgan fingerprint density at radius 2 is 0.676 bits per heavy atom. The first-order valence-corrected chi connectivity index (χ1v) is 26.0. The third-order valence-corrected chi connectivity index (χ3v) is 15.1. The minimum atomic E-state index is -0.133. The van der Waals surface area contributed by atoms with E-state index < -0.39 is 0 Å². The van der Waals surface area contributed by atoms with E-state index in [1.807, 2.05) is 13.8 Å². The van der Waals surface area contributed by atoms with Crippen LogP contribution in [0.3, 0.4) is 0 Å². The Labute approximate surface area is 425 Å². The van der Waals surface area contributed by atoms with E-state index in [4.69, 9.17) is 0 Å². The van der Waals surface area contributed by atoms with Gasteiger partial charge in [-0.3, -0.25) is 0 Å². The molecule has 2 aliphatic rings. The van der Waals surface area contributed by atoms with Crippen molar-refractivity contribution in [3.05, 3.63) is 198 Å². The van der Waals surface area contributed by atoms with Crippen molar-refractivity contribution in [2.45, 2.75) is 119 Å². The highest BCUT2D eigenvalue weighted by molar-refractivity contribution is 7.00. The van der Waals surface area contributed by atoms with Crippen molar-refractivity contribution >= 4 is 78.8 Å². The standard InChI is InChI=1S/C66H65BN2.C2H6/c1-63(2,3)44-27-32-48(33-28-44)68-56-37-46(65(7,8)9)31-36-54(56)67-55-40-52-53(61(43-23-17-14-18-24-43)51-26-20-19-25-50(51)60(52)42-21-15-13-16-22-42)41-57(55)69(49-34-29-45(30-35-49)64(4,5)6)59-39-47(66(10,11)12)38-58(68)62(59)67;1-2/h13-41H,1-12H3;1-2H3. The van der Waals surface area contributed by atoms with E-state index in [9.17, 15) is 0 Å². The van der Waals surface area contributed by atoms with Gasteiger partial charge in [-0.1, -0.05) is 224 Å². The zero-order valence-electron chi connectivity index (χ0n) is 44.7. The van der Waals surface area contributed by atoms with Gasteiger partial charge in [-0.15, -0.1) is 0 Å². The predicted octanol–water partition coefficient (Wildman–Crippen LogP) is 17.6. The van der Waals surface area contributed by atoms with E-state index >= 15 is 0 Å². The molecule has 2 nitrogen and oxygen atoms in total. The fraction of sp³-hybridized carbons (Fsp3) is 0.265. The summed E-state index contributed by atoms with van der Waals surface area (Å²) in [6.45, 7) is 31.9. The molecule has 0 unspecified atom stereocenters. The molecule has 0 saturated carbocycles. The maximum absolute atomic E-state index is 2.62. The van der Waals surface area contributed by atoms with Crippen molar-refractivity contribution < 1.29 is 0 Å². The summed E-state index contributed by atoms with van der Waals surface area (Å²) in [5.74, 6) is 0. The summed E-state index contributed by atoms with van der Waals surface area (Å²) in [6, 6.07) is 67.7. The molecule has 9 aromatic rings. The van der Waals surface area contributed by atoms with Crippen molar-refractivity contribution in [3.8, 4) is 22.3 Å². The van der Waals surface area contributed by atoms with Crippen LogP contribution in [0.2, 0.25) is 0 Å². The average molecular weight is 927 g/mol. The van der Waals surface area contributed by atoms with Crippen molar-refractivity contribution in [1.82, 2.24) is 0 Å². The zero-order chi connectivity index (χ0) is 50.4. The average Bonchev–Trinajstić information content (AvgIpc) is 3.35. The second-order valence-electron chi connectivity index (χ2n) is 23.9. The van der Waals surface area contributed by atoms with E-state index in [0.717, 1.165) is 5.69 Å². The molecular weight excluding hydrogens is 856 g/mol. The minimum absolute atomic E-state index is 0.0170. The molecule has 9 aromatic carbocycles. The van der Waals surface area contributed by atoms with Crippen LogP contribution >= 0.6 is 0 Å². The quantitative estimate of drug-likeness (QED) is 0.128. The van der Waals surface area contributed by atoms with Gasteiger partial charge >= 0.3 is 0 Å². The summed E-state index contributed by atoms with van der Waals surface area (Å²) in [4.78, 5) is 5.22.